The average Bonchev–Trinajstić information content (AvgIpc) is 2.89. The number of carbonyl (C=O) groups is 1. The van der Waals surface area contributed by atoms with Crippen molar-refractivity contribution in [2.75, 3.05) is 0 Å². The minimum atomic E-state index is -0.491. The number of hydrogen-bond donors (Lipinski definition) is 0. The smallest absolute Gasteiger partial charge is 0.252 e. The van der Waals surface area contributed by atoms with E-state index in [0.717, 1.165) is 16.8 Å². The molecular weight excluding hydrogens is 286 g/mol. The normalized spacial score (nSPS) is 10.2. The fourth-order valence-electron chi connectivity index (χ4n) is 1.92. The predicted octanol–water partition coefficient (Wildman–Crippen LogP) is 2.82. The minimum absolute atomic E-state index is 0.433. The summed E-state index contributed by atoms with van der Waals surface area (Å²) in [6.45, 7) is 1.93. The summed E-state index contributed by atoms with van der Waals surface area (Å²) in [5.74, 6) is 6.07. The fourth-order valence-corrected chi connectivity index (χ4v) is 2.04. The maximum Gasteiger partial charge on any atom is 0.252 e. The van der Waals surface area contributed by atoms with Crippen LogP contribution in [0.1, 0.15) is 27.2 Å². The second-order valence-electron chi connectivity index (χ2n) is 4.49. The zero-order valence-electron chi connectivity index (χ0n) is 11.2. The van der Waals surface area contributed by atoms with Crippen molar-refractivity contribution < 1.29 is 4.79 Å². The molecule has 2 heterocycles. The molecule has 0 radical (unpaired) electrons. The van der Waals surface area contributed by atoms with Crippen LogP contribution in [-0.4, -0.2) is 19.8 Å². The Hall–Kier alpha value is -2.64. The molecule has 0 saturated heterocycles. The molecule has 0 fully saturated rings. The molecule has 0 N–H and O–H groups in total. The molecule has 1 aromatic carbocycles. The third kappa shape index (κ3) is 2.64. The molecule has 21 heavy (non-hydrogen) atoms. The summed E-state index contributed by atoms with van der Waals surface area (Å²) in [6, 6.07) is 8.88. The van der Waals surface area contributed by atoms with E-state index >= 15 is 0 Å². The van der Waals surface area contributed by atoms with Gasteiger partial charge in [0.1, 0.15) is 5.69 Å². The highest BCUT2D eigenvalue weighted by molar-refractivity contribution is 6.67. The summed E-state index contributed by atoms with van der Waals surface area (Å²) in [7, 11) is 0. The highest BCUT2D eigenvalue weighted by atomic mass is 35.5. The molecule has 0 atom stereocenters. The van der Waals surface area contributed by atoms with Gasteiger partial charge in [-0.15, -0.1) is 0 Å². The molecular formula is C16H10ClN3O. The molecule has 0 aliphatic rings. The van der Waals surface area contributed by atoms with Gasteiger partial charge in [0.05, 0.1) is 6.20 Å². The van der Waals surface area contributed by atoms with Crippen LogP contribution in [0.25, 0.3) is 5.65 Å². The molecule has 0 bridgehead atoms. The van der Waals surface area contributed by atoms with E-state index in [9.17, 15) is 4.79 Å². The van der Waals surface area contributed by atoms with Gasteiger partial charge in [-0.2, -0.15) is 5.10 Å². The molecule has 102 valence electrons. The van der Waals surface area contributed by atoms with Crippen molar-refractivity contribution in [3.63, 3.8) is 0 Å². The van der Waals surface area contributed by atoms with Gasteiger partial charge in [-0.25, -0.2) is 9.50 Å². The van der Waals surface area contributed by atoms with Crippen LogP contribution in [-0.2, 0) is 0 Å². The number of carbonyl (C=O) groups excluding carboxylic acids is 1. The van der Waals surface area contributed by atoms with Crippen LogP contribution < -0.4 is 0 Å². The van der Waals surface area contributed by atoms with Crippen LogP contribution in [0.15, 0.2) is 42.7 Å². The van der Waals surface area contributed by atoms with Gasteiger partial charge in [-0.05, 0) is 54.3 Å². The first-order chi connectivity index (χ1) is 10.1. The van der Waals surface area contributed by atoms with E-state index in [4.69, 9.17) is 11.6 Å². The van der Waals surface area contributed by atoms with Crippen LogP contribution in [0.5, 0.6) is 0 Å². The number of rotatable bonds is 1. The van der Waals surface area contributed by atoms with E-state index in [2.05, 4.69) is 21.9 Å². The average molecular weight is 296 g/mol. The number of hydrogen-bond acceptors (Lipinski definition) is 3. The van der Waals surface area contributed by atoms with E-state index in [-0.39, 0.29) is 0 Å². The number of aromatic nitrogens is 3. The largest absolute Gasteiger partial charge is 0.276 e. The van der Waals surface area contributed by atoms with Crippen molar-refractivity contribution in [2.45, 2.75) is 6.92 Å². The Morgan fingerprint density at radius 1 is 1.29 bits per heavy atom. The monoisotopic (exact) mass is 295 g/mol. The lowest BCUT2D eigenvalue weighted by molar-refractivity contribution is 0.108. The second kappa shape index (κ2) is 5.39. The number of benzene rings is 1. The molecule has 3 aromatic rings. The molecule has 4 nitrogen and oxygen atoms in total. The molecule has 3 rings (SSSR count). The van der Waals surface area contributed by atoms with Crippen molar-refractivity contribution in [2.24, 2.45) is 0 Å². The Labute approximate surface area is 126 Å². The van der Waals surface area contributed by atoms with Crippen molar-refractivity contribution >= 4 is 22.5 Å². The molecule has 2 aromatic heterocycles. The van der Waals surface area contributed by atoms with Gasteiger partial charge in [0, 0.05) is 17.3 Å². The molecule has 5 heteroatoms. The molecule has 0 aliphatic heterocycles. The maximum absolute atomic E-state index is 11.2. The summed E-state index contributed by atoms with van der Waals surface area (Å²) in [6.07, 6.45) is 3.35. The van der Waals surface area contributed by atoms with Crippen molar-refractivity contribution in [3.8, 4) is 11.8 Å². The van der Waals surface area contributed by atoms with Crippen molar-refractivity contribution in [1.82, 2.24) is 14.6 Å². The summed E-state index contributed by atoms with van der Waals surface area (Å²) in [4.78, 5) is 15.4. The van der Waals surface area contributed by atoms with Crippen LogP contribution in [0.4, 0.5) is 0 Å². The van der Waals surface area contributed by atoms with Crippen molar-refractivity contribution in [1.29, 1.82) is 0 Å². The lowest BCUT2D eigenvalue weighted by Gasteiger charge is -1.99. The van der Waals surface area contributed by atoms with E-state index in [1.807, 2.05) is 25.1 Å². The number of aryl methyl sites for hydroxylation is 1. The lowest BCUT2D eigenvalue weighted by Crippen LogP contribution is -1.94. The van der Waals surface area contributed by atoms with Gasteiger partial charge in [0.15, 0.2) is 5.65 Å². The summed E-state index contributed by atoms with van der Waals surface area (Å²) < 4.78 is 1.67. The third-order valence-electron chi connectivity index (χ3n) is 3.07. The first-order valence-electron chi connectivity index (χ1n) is 6.26. The van der Waals surface area contributed by atoms with Gasteiger partial charge in [-0.3, -0.25) is 4.79 Å². The van der Waals surface area contributed by atoms with Crippen LogP contribution >= 0.6 is 11.6 Å². The van der Waals surface area contributed by atoms with E-state index in [1.165, 1.54) is 0 Å². The molecule has 0 unspecified atom stereocenters. The molecule has 0 saturated carbocycles. The summed E-state index contributed by atoms with van der Waals surface area (Å²) >= 11 is 5.49. The molecule has 0 amide bonds. The lowest BCUT2D eigenvalue weighted by atomic mass is 10.1. The van der Waals surface area contributed by atoms with Gasteiger partial charge < -0.3 is 0 Å². The minimum Gasteiger partial charge on any atom is -0.276 e. The van der Waals surface area contributed by atoms with Gasteiger partial charge in [-0.1, -0.05) is 12.0 Å². The van der Waals surface area contributed by atoms with Gasteiger partial charge in [0.25, 0.3) is 5.24 Å². The first kappa shape index (κ1) is 13.3. The second-order valence-corrected chi connectivity index (χ2v) is 4.83. The van der Waals surface area contributed by atoms with E-state index in [1.54, 1.807) is 29.0 Å². The molecule has 0 aliphatic carbocycles. The Bertz CT molecular complexity index is 903. The topological polar surface area (TPSA) is 47.3 Å². The van der Waals surface area contributed by atoms with E-state index < -0.39 is 5.24 Å². The zero-order chi connectivity index (χ0) is 14.8. The standard InChI is InChI=1S/C16H10ClN3O/c1-11-4-5-13(16(17)21)9-12(11)6-7-14-10-18-15-3-2-8-19-20(14)15/h2-5,8-10H,1H3. The Kier molecular flexibility index (Phi) is 3.43. The third-order valence-corrected chi connectivity index (χ3v) is 3.29. The van der Waals surface area contributed by atoms with Gasteiger partial charge >= 0.3 is 0 Å². The van der Waals surface area contributed by atoms with Crippen LogP contribution in [0.2, 0.25) is 0 Å². The number of nitrogens with zero attached hydrogens (tertiary/aromatic N) is 3. The number of halogens is 1. The summed E-state index contributed by atoms with van der Waals surface area (Å²) in [5, 5.41) is 3.71. The number of imidazole rings is 1. The van der Waals surface area contributed by atoms with Gasteiger partial charge in [0.2, 0.25) is 0 Å². The zero-order valence-corrected chi connectivity index (χ0v) is 11.9. The van der Waals surface area contributed by atoms with Crippen molar-refractivity contribution in [3.05, 3.63) is 65.1 Å². The van der Waals surface area contributed by atoms with Crippen LogP contribution in [0, 0.1) is 18.8 Å². The Balaban J connectivity index is 2.05. The SMILES string of the molecule is Cc1ccc(C(=O)Cl)cc1C#Cc1cnc2cccnn12. The highest BCUT2D eigenvalue weighted by Crippen LogP contribution is 2.12. The Morgan fingerprint density at radius 2 is 2.14 bits per heavy atom. The van der Waals surface area contributed by atoms with Crippen LogP contribution in [0.3, 0.4) is 0 Å². The quantitative estimate of drug-likeness (QED) is 0.512. The molecule has 0 spiro atoms. The maximum atomic E-state index is 11.2. The van der Waals surface area contributed by atoms with E-state index in [0.29, 0.717) is 11.3 Å². The highest BCUT2D eigenvalue weighted by Gasteiger charge is 2.04. The summed E-state index contributed by atoms with van der Waals surface area (Å²) in [5.41, 5.74) is 3.59. The predicted molar refractivity (Wildman–Crippen MR) is 80.3 cm³/mol. The number of fused-ring (bicyclic) bond motifs is 1. The Morgan fingerprint density at radius 3 is 2.95 bits per heavy atom. The fraction of sp³-hybridized carbons (Fsp3) is 0.0625. The first-order valence-corrected chi connectivity index (χ1v) is 6.64.